The number of para-hydroxylation sites is 1. The van der Waals surface area contributed by atoms with Gasteiger partial charge in [0.2, 0.25) is 5.95 Å². The van der Waals surface area contributed by atoms with Crippen molar-refractivity contribution in [3.05, 3.63) is 42.7 Å². The molecule has 1 atom stereocenters. The van der Waals surface area contributed by atoms with E-state index >= 15 is 0 Å². The van der Waals surface area contributed by atoms with Crippen LogP contribution in [-0.2, 0) is 6.54 Å². The highest BCUT2D eigenvalue weighted by Crippen LogP contribution is 2.16. The monoisotopic (exact) mass is 285 g/mol. The number of aromatic nitrogens is 2. The van der Waals surface area contributed by atoms with Crippen molar-refractivity contribution in [2.45, 2.75) is 12.6 Å². The first kappa shape index (κ1) is 14.1. The van der Waals surface area contributed by atoms with Crippen molar-refractivity contribution in [1.82, 2.24) is 19.4 Å². The minimum absolute atomic E-state index is 0.522. The highest BCUT2D eigenvalue weighted by Gasteiger charge is 2.23. The summed E-state index contributed by atoms with van der Waals surface area (Å²) in [6.45, 7) is 4.32. The van der Waals surface area contributed by atoms with Crippen molar-refractivity contribution in [1.29, 1.82) is 0 Å². The van der Waals surface area contributed by atoms with Gasteiger partial charge in [-0.15, -0.1) is 0 Å². The molecule has 1 aromatic heterocycles. The molecule has 0 amide bonds. The first-order valence-corrected chi connectivity index (χ1v) is 7.44. The highest BCUT2D eigenvalue weighted by molar-refractivity contribution is 5.53. The van der Waals surface area contributed by atoms with E-state index in [9.17, 15) is 0 Å². The molecule has 0 aliphatic carbocycles. The van der Waals surface area contributed by atoms with Crippen LogP contribution >= 0.6 is 0 Å². The summed E-state index contributed by atoms with van der Waals surface area (Å²) in [7, 11) is 4.40. The number of nitrogens with one attached hydrogen (secondary N) is 1. The first-order chi connectivity index (χ1) is 10.2. The van der Waals surface area contributed by atoms with E-state index in [4.69, 9.17) is 0 Å². The normalized spacial score (nSPS) is 20.6. The number of rotatable bonds is 4. The number of nitrogens with zero attached hydrogens (tertiary/aromatic N) is 4. The largest absolute Gasteiger partial charge is 0.326 e. The van der Waals surface area contributed by atoms with Gasteiger partial charge in [-0.05, 0) is 26.2 Å². The summed E-state index contributed by atoms with van der Waals surface area (Å²) in [5, 5.41) is 3.39. The summed E-state index contributed by atoms with van der Waals surface area (Å²) in [5.41, 5.74) is 1.07. The Morgan fingerprint density at radius 2 is 2.00 bits per heavy atom. The number of benzene rings is 1. The fourth-order valence-electron chi connectivity index (χ4n) is 2.76. The minimum atomic E-state index is 0.522. The Bertz CT molecular complexity index is 565. The smallest absolute Gasteiger partial charge is 0.207 e. The molecule has 2 aromatic rings. The van der Waals surface area contributed by atoms with Crippen LogP contribution in [0.1, 0.15) is 0 Å². The van der Waals surface area contributed by atoms with Gasteiger partial charge in [-0.3, -0.25) is 4.90 Å². The molecule has 1 aliphatic rings. The molecule has 21 heavy (non-hydrogen) atoms. The third-order valence-electron chi connectivity index (χ3n) is 4.13. The van der Waals surface area contributed by atoms with Crippen molar-refractivity contribution in [2.75, 3.05) is 39.0 Å². The number of imidazole rings is 1. The molecule has 0 spiro atoms. The Kier molecular flexibility index (Phi) is 4.22. The van der Waals surface area contributed by atoms with E-state index in [1.807, 2.05) is 30.6 Å². The van der Waals surface area contributed by atoms with Crippen LogP contribution in [0.2, 0.25) is 0 Å². The van der Waals surface area contributed by atoms with Gasteiger partial charge >= 0.3 is 0 Å². The average molecular weight is 285 g/mol. The van der Waals surface area contributed by atoms with Gasteiger partial charge in [-0.25, -0.2) is 4.98 Å². The molecule has 1 aromatic carbocycles. The van der Waals surface area contributed by atoms with Gasteiger partial charge in [0.1, 0.15) is 0 Å². The van der Waals surface area contributed by atoms with E-state index in [0.29, 0.717) is 6.04 Å². The Morgan fingerprint density at radius 3 is 2.81 bits per heavy atom. The topological polar surface area (TPSA) is 36.3 Å². The van der Waals surface area contributed by atoms with E-state index < -0.39 is 0 Å². The second-order valence-corrected chi connectivity index (χ2v) is 5.79. The molecule has 1 aliphatic heterocycles. The molecule has 1 N–H and O–H groups in total. The third-order valence-corrected chi connectivity index (χ3v) is 4.13. The maximum absolute atomic E-state index is 4.44. The molecular weight excluding hydrogens is 262 g/mol. The average Bonchev–Trinajstić information content (AvgIpc) is 2.91. The summed E-state index contributed by atoms with van der Waals surface area (Å²) < 4.78 is 2.20. The van der Waals surface area contributed by atoms with Crippen LogP contribution in [-0.4, -0.2) is 59.1 Å². The molecule has 112 valence electrons. The number of piperazine rings is 1. The maximum Gasteiger partial charge on any atom is 0.207 e. The Hall–Kier alpha value is -1.85. The predicted molar refractivity (Wildman–Crippen MR) is 85.9 cm³/mol. The Balaban J connectivity index is 1.70. The van der Waals surface area contributed by atoms with Gasteiger partial charge < -0.3 is 14.8 Å². The van der Waals surface area contributed by atoms with Crippen molar-refractivity contribution < 1.29 is 0 Å². The zero-order chi connectivity index (χ0) is 14.7. The minimum Gasteiger partial charge on any atom is -0.326 e. The van der Waals surface area contributed by atoms with Gasteiger partial charge in [0, 0.05) is 50.3 Å². The summed E-state index contributed by atoms with van der Waals surface area (Å²) >= 11 is 0. The summed E-state index contributed by atoms with van der Waals surface area (Å²) in [6.07, 6.45) is 3.91. The molecule has 5 nitrogen and oxygen atoms in total. The van der Waals surface area contributed by atoms with Crippen LogP contribution in [0.25, 0.3) is 0 Å². The summed E-state index contributed by atoms with van der Waals surface area (Å²) in [5.74, 6) is 0.905. The lowest BCUT2D eigenvalue weighted by Crippen LogP contribution is -2.51. The van der Waals surface area contributed by atoms with Crippen LogP contribution in [0, 0.1) is 0 Å². The summed E-state index contributed by atoms with van der Waals surface area (Å²) in [6, 6.07) is 10.7. The molecule has 1 unspecified atom stereocenters. The predicted octanol–water partition coefficient (Wildman–Crippen LogP) is 1.87. The van der Waals surface area contributed by atoms with Crippen LogP contribution < -0.4 is 5.32 Å². The van der Waals surface area contributed by atoms with Gasteiger partial charge in [-0.2, -0.15) is 0 Å². The molecule has 0 bridgehead atoms. The van der Waals surface area contributed by atoms with Crippen LogP contribution in [0.15, 0.2) is 42.7 Å². The van der Waals surface area contributed by atoms with E-state index in [1.54, 1.807) is 0 Å². The molecule has 3 rings (SSSR count). The second kappa shape index (κ2) is 6.28. The van der Waals surface area contributed by atoms with Crippen molar-refractivity contribution in [3.63, 3.8) is 0 Å². The maximum atomic E-state index is 4.44. The zero-order valence-corrected chi connectivity index (χ0v) is 12.7. The fraction of sp³-hybridized carbons (Fsp3) is 0.438. The van der Waals surface area contributed by atoms with Gasteiger partial charge in [-0.1, -0.05) is 18.2 Å². The van der Waals surface area contributed by atoms with Crippen molar-refractivity contribution in [3.8, 4) is 0 Å². The highest BCUT2D eigenvalue weighted by atomic mass is 15.3. The molecule has 0 saturated carbocycles. The van der Waals surface area contributed by atoms with Crippen molar-refractivity contribution >= 4 is 11.6 Å². The number of hydrogen-bond donors (Lipinski definition) is 1. The lowest BCUT2D eigenvalue weighted by Gasteiger charge is -2.38. The third kappa shape index (κ3) is 3.43. The standard InChI is InChI=1S/C16H23N5/c1-19-10-11-20(2)15(12-19)13-21-9-8-17-16(21)18-14-6-4-3-5-7-14/h3-9,15H,10-13H2,1-2H3,(H,17,18). The lowest BCUT2D eigenvalue weighted by molar-refractivity contribution is 0.103. The molecule has 1 fully saturated rings. The molecule has 0 radical (unpaired) electrons. The number of hydrogen-bond acceptors (Lipinski definition) is 4. The van der Waals surface area contributed by atoms with E-state index in [2.05, 4.69) is 50.9 Å². The van der Waals surface area contributed by atoms with Gasteiger partial charge in [0.15, 0.2) is 0 Å². The number of anilines is 2. The van der Waals surface area contributed by atoms with E-state index in [1.165, 1.54) is 0 Å². The van der Waals surface area contributed by atoms with Crippen LogP contribution in [0.5, 0.6) is 0 Å². The molecule has 5 heteroatoms. The molecule has 2 heterocycles. The Labute approximate surface area is 126 Å². The first-order valence-electron chi connectivity index (χ1n) is 7.44. The fourth-order valence-corrected chi connectivity index (χ4v) is 2.76. The lowest BCUT2D eigenvalue weighted by atomic mass is 10.2. The van der Waals surface area contributed by atoms with E-state index in [0.717, 1.165) is 37.8 Å². The molecule has 1 saturated heterocycles. The zero-order valence-electron chi connectivity index (χ0n) is 12.7. The van der Waals surface area contributed by atoms with Crippen LogP contribution in [0.4, 0.5) is 11.6 Å². The SMILES string of the molecule is CN1CCN(C)C(Cn2ccnc2Nc2ccccc2)C1. The number of likely N-dealkylation sites (N-methyl/N-ethyl adjacent to an activating group) is 2. The van der Waals surface area contributed by atoms with Gasteiger partial charge in [0.25, 0.3) is 0 Å². The van der Waals surface area contributed by atoms with E-state index in [-0.39, 0.29) is 0 Å². The van der Waals surface area contributed by atoms with Gasteiger partial charge in [0.05, 0.1) is 0 Å². The second-order valence-electron chi connectivity index (χ2n) is 5.79. The quantitative estimate of drug-likeness (QED) is 0.930. The van der Waals surface area contributed by atoms with Crippen molar-refractivity contribution in [2.24, 2.45) is 0 Å². The molecular formula is C16H23N5. The Morgan fingerprint density at radius 1 is 1.19 bits per heavy atom. The van der Waals surface area contributed by atoms with Crippen LogP contribution in [0.3, 0.4) is 0 Å². The summed E-state index contributed by atoms with van der Waals surface area (Å²) in [4.78, 5) is 9.27.